The van der Waals surface area contributed by atoms with Crippen LogP contribution in [0, 0.1) is 0 Å². The van der Waals surface area contributed by atoms with Gasteiger partial charge in [0.15, 0.2) is 18.3 Å². The van der Waals surface area contributed by atoms with Crippen LogP contribution >= 0.6 is 21.6 Å². The van der Waals surface area contributed by atoms with Crippen LogP contribution in [0.3, 0.4) is 0 Å². The summed E-state index contributed by atoms with van der Waals surface area (Å²) in [6, 6.07) is 33.5. The largest absolute Gasteiger partial charge is 1.00 e. The van der Waals surface area contributed by atoms with Crippen LogP contribution in [0.4, 0.5) is 11.4 Å². The summed E-state index contributed by atoms with van der Waals surface area (Å²) in [4.78, 5) is 149. The summed E-state index contributed by atoms with van der Waals surface area (Å²) in [6.45, 7) is 11.5. The molecule has 11 rings (SSSR count). The molecule has 4 heterocycles. The molecular weight excluding hydrogens is 1630 g/mol. The molecule has 8 aromatic rings. The molecule has 1 saturated heterocycles. The number of allylic oxidation sites excluding steroid dienone is 8. The van der Waals surface area contributed by atoms with E-state index in [-0.39, 0.29) is 86.5 Å². The van der Waals surface area contributed by atoms with Gasteiger partial charge >= 0.3 is 11.9 Å². The number of amides is 8. The number of nitrogens with one attached hydrogen (secondary N) is 9. The van der Waals surface area contributed by atoms with Crippen molar-refractivity contribution in [1.29, 1.82) is 0 Å². The van der Waals surface area contributed by atoms with Gasteiger partial charge in [-0.1, -0.05) is 181 Å². The van der Waals surface area contributed by atoms with Crippen LogP contribution in [0.5, 0.6) is 5.75 Å². The van der Waals surface area contributed by atoms with Crippen molar-refractivity contribution in [2.75, 3.05) is 36.0 Å². The Labute approximate surface area is 714 Å². The lowest BCUT2D eigenvalue weighted by molar-refractivity contribution is -0.436. The first-order valence-electron chi connectivity index (χ1n) is 39.8. The zero-order valence-corrected chi connectivity index (χ0v) is 70.7. The van der Waals surface area contributed by atoms with E-state index in [9.17, 15) is 54.3 Å². The number of unbranched alkanes of at least 4 members (excludes halogenated alkanes) is 1. The van der Waals surface area contributed by atoms with Gasteiger partial charge < -0.3 is 101 Å². The van der Waals surface area contributed by atoms with E-state index in [1.807, 2.05) is 97.1 Å². The lowest BCUT2D eigenvalue weighted by Crippen LogP contribution is -3.00. The lowest BCUT2D eigenvalue weighted by Gasteiger charge is -2.29. The number of carboxylic acids is 2. The van der Waals surface area contributed by atoms with E-state index in [1.54, 1.807) is 48.7 Å². The van der Waals surface area contributed by atoms with Gasteiger partial charge in [0, 0.05) is 88.9 Å². The maximum Gasteiger partial charge on any atom is 0.328 e. The SMILES string of the molecule is C[C@@H](O)[C@H](NC(=O)[C@@H]1CSSC[C@H](NC(=O)[C@@H](Cc2ccccc2)NC(=O)CC[N+]2=C(/C=C/C=C/C=C/C=C3/N(CCC(=O)O)c4ccc5ccccc5c4C3(C)C)C(C)(C)c3c2ccc2ccccc32)C(=O)N[C@@H](Cc2ccc(O)cc2)C(=O)N[C@H](Cc2c[nH]c3ccccc23)C(=O)N[C@@H](CCCCN)C(=O)N[C@@H]([C@@H](C)O)C(=O)N1)C(=O)O.[Br-]. The lowest BCUT2D eigenvalue weighted by atomic mass is 9.79. The quantitative estimate of drug-likeness (QED) is 0.0136. The second kappa shape index (κ2) is 41.5. The van der Waals surface area contributed by atoms with Gasteiger partial charge in [-0.3, -0.25) is 43.2 Å². The number of para-hydroxylation sites is 1. The highest BCUT2D eigenvalue weighted by Gasteiger charge is 2.47. The Morgan fingerprint density at radius 1 is 0.625 bits per heavy atom. The number of phenolic OH excluding ortho intramolecular Hbond substituents is 1. The smallest absolute Gasteiger partial charge is 0.328 e. The topological polar surface area (TPSA) is 416 Å². The summed E-state index contributed by atoms with van der Waals surface area (Å²) in [5, 5.41) is 78.4. The Morgan fingerprint density at radius 2 is 1.23 bits per heavy atom. The highest BCUT2D eigenvalue weighted by Crippen LogP contribution is 2.51. The van der Waals surface area contributed by atoms with Crippen molar-refractivity contribution in [1.82, 2.24) is 47.5 Å². The number of carbonyl (C=O) groups excluding carboxylic acids is 8. The van der Waals surface area contributed by atoms with Crippen molar-refractivity contribution < 1.29 is 95.0 Å². The number of phenols is 1. The number of carbonyl (C=O) groups is 10. The average molecular weight is 1740 g/mol. The minimum atomic E-state index is -1.89. The number of rotatable bonds is 28. The van der Waals surface area contributed by atoms with Gasteiger partial charge in [0.05, 0.1) is 30.5 Å². The number of aliphatic carboxylic acids is 2. The number of halogens is 1. The predicted octanol–water partition coefficient (Wildman–Crippen LogP) is 4.75. The second-order valence-electron chi connectivity index (χ2n) is 31.1. The molecule has 120 heavy (non-hydrogen) atoms. The summed E-state index contributed by atoms with van der Waals surface area (Å²) in [6.07, 6.45) is 11.9. The molecule has 0 radical (unpaired) electrons. The molecule has 30 heteroatoms. The van der Waals surface area contributed by atoms with Crippen molar-refractivity contribution in [3.63, 3.8) is 0 Å². The maximum absolute atomic E-state index is 15.5. The highest BCUT2D eigenvalue weighted by molar-refractivity contribution is 8.76. The third-order valence-corrected chi connectivity index (χ3v) is 24.2. The molecule has 10 atom stereocenters. The standard InChI is InChI=1S/C90H102N12O15S2.BrH/c1-53(103)79-87(115)98-70(86(114)100-80(54(2)104)88(116)117)52-119-118-51-69(85(113)95-67(48-56-34-38-60(105)39-35-56)83(111)96-68(49-59-50-92-64-30-20-19-27-61(59)64)84(112)94-65(81(109)99-79)31-21-22-44-91)97-82(110)66(47-55-23-11-10-12-24-55)93-75(106)42-45-101-71-40-36-57-25-15-17-28-62(57)77(71)89(3,4)73(101)32-13-8-7-9-14-33-74-90(5,6)78-63-29-18-16-26-58(63)37-41-72(78)102(74)46-43-76(107)108;/h7-20,23-30,32-41,50,53-54,65-70,79-80,92,103-104H,21-22,31,42-49,51-52,91H2,1-6H3,(H10-,93,94,95,96,97,98,99,100,105,106,107,108,109,110,111,112,113,114,115,116,117);1H/t53-,54-,65+,66-,67+,68-,69+,70+,79+,80+;/m1./s1. The molecule has 27 nitrogen and oxygen atoms in total. The molecule has 1 aromatic heterocycles. The Morgan fingerprint density at radius 3 is 1.91 bits per heavy atom. The number of fused-ring (bicyclic) bond motifs is 7. The summed E-state index contributed by atoms with van der Waals surface area (Å²) in [5.74, 6) is -10.7. The van der Waals surface area contributed by atoms with Gasteiger partial charge in [0.2, 0.25) is 52.9 Å². The fraction of sp³-hybridized carbons (Fsp3) is 0.344. The fourth-order valence-corrected chi connectivity index (χ4v) is 17.9. The number of hydrogen-bond donors (Lipinski definition) is 15. The van der Waals surface area contributed by atoms with Crippen LogP contribution in [0.25, 0.3) is 32.4 Å². The Kier molecular flexibility index (Phi) is 31.5. The van der Waals surface area contributed by atoms with Crippen LogP contribution in [0.15, 0.2) is 206 Å². The van der Waals surface area contributed by atoms with Gasteiger partial charge in [0.25, 0.3) is 0 Å². The van der Waals surface area contributed by atoms with E-state index < -0.39 is 136 Å². The van der Waals surface area contributed by atoms with Crippen LogP contribution in [-0.4, -0.2) is 192 Å². The Hall–Kier alpha value is -11.4. The van der Waals surface area contributed by atoms with Gasteiger partial charge in [-0.2, -0.15) is 4.58 Å². The number of aliphatic hydroxyl groups excluding tert-OH is 2. The number of H-pyrrole nitrogens is 1. The number of carboxylic acid groups (broad SMARTS) is 2. The third-order valence-electron chi connectivity index (χ3n) is 21.8. The minimum absolute atomic E-state index is 0. The van der Waals surface area contributed by atoms with Gasteiger partial charge in [-0.25, -0.2) is 4.79 Å². The molecular formula is C90H103BrN12O15S2. The first-order chi connectivity index (χ1) is 57.0. The van der Waals surface area contributed by atoms with Crippen LogP contribution < -0.4 is 70.1 Å². The monoisotopic (exact) mass is 1730 g/mol. The predicted molar refractivity (Wildman–Crippen MR) is 462 cm³/mol. The van der Waals surface area contributed by atoms with Crippen molar-refractivity contribution in [2.24, 2.45) is 5.73 Å². The second-order valence-corrected chi connectivity index (χ2v) is 33.6. The number of aromatic hydroxyl groups is 1. The molecule has 0 saturated carbocycles. The molecule has 16 N–H and O–H groups in total. The molecule has 0 unspecified atom stereocenters. The number of hydrogen-bond acceptors (Lipinski definition) is 17. The van der Waals surface area contributed by atoms with Crippen molar-refractivity contribution >= 4 is 130 Å². The maximum atomic E-state index is 15.5. The number of nitrogens with two attached hydrogens (primary N) is 1. The van der Waals surface area contributed by atoms with Crippen LogP contribution in [0.2, 0.25) is 0 Å². The number of aromatic nitrogens is 1. The molecule has 0 aliphatic carbocycles. The summed E-state index contributed by atoms with van der Waals surface area (Å²) in [7, 11) is 1.78. The molecule has 7 aromatic carbocycles. The molecule has 0 bridgehead atoms. The van der Waals surface area contributed by atoms with E-state index in [4.69, 9.17) is 5.73 Å². The highest BCUT2D eigenvalue weighted by atomic mass is 79.9. The zero-order valence-electron chi connectivity index (χ0n) is 67.5. The fourth-order valence-electron chi connectivity index (χ4n) is 15.6. The van der Waals surface area contributed by atoms with Crippen LogP contribution in [0.1, 0.15) is 101 Å². The van der Waals surface area contributed by atoms with E-state index >= 15 is 19.2 Å². The van der Waals surface area contributed by atoms with Crippen molar-refractivity contribution in [3.8, 4) is 5.75 Å². The normalized spacial score (nSPS) is 20.6. The number of anilines is 1. The van der Waals surface area contributed by atoms with E-state index in [1.165, 1.54) is 31.2 Å². The van der Waals surface area contributed by atoms with E-state index in [0.29, 0.717) is 40.6 Å². The summed E-state index contributed by atoms with van der Waals surface area (Å²) >= 11 is 0. The Bertz CT molecular complexity index is 5260. The number of nitrogens with zero attached hydrogens (tertiary/aromatic N) is 2. The van der Waals surface area contributed by atoms with Gasteiger partial charge in [-0.05, 0) is 134 Å². The first-order valence-corrected chi connectivity index (χ1v) is 42.2. The average Bonchev–Trinajstić information content (AvgIpc) is 1.57. The number of aromatic amines is 1. The van der Waals surface area contributed by atoms with E-state index in [0.717, 1.165) is 84.0 Å². The van der Waals surface area contributed by atoms with Crippen molar-refractivity contribution in [2.45, 2.75) is 164 Å². The van der Waals surface area contributed by atoms with Crippen molar-refractivity contribution in [3.05, 3.63) is 234 Å². The Balaban J connectivity index is 0.0000151. The molecule has 0 spiro atoms. The minimum Gasteiger partial charge on any atom is -1.00 e. The summed E-state index contributed by atoms with van der Waals surface area (Å²) in [5.41, 5.74) is 13.0. The van der Waals surface area contributed by atoms with Gasteiger partial charge in [-0.15, -0.1) is 0 Å². The van der Waals surface area contributed by atoms with Gasteiger partial charge in [0.1, 0.15) is 48.0 Å². The molecule has 3 aliphatic heterocycles. The van der Waals surface area contributed by atoms with E-state index in [2.05, 4.69) is 115 Å². The first kappa shape index (κ1) is 90.9. The summed E-state index contributed by atoms with van der Waals surface area (Å²) < 4.78 is 2.10. The zero-order chi connectivity index (χ0) is 85.2. The molecule has 1 fully saturated rings. The molecule has 3 aliphatic rings. The number of benzene rings is 7. The van der Waals surface area contributed by atoms with Crippen LogP contribution in [-0.2, 0) is 78.0 Å². The molecule has 8 amide bonds. The molecule has 632 valence electrons. The number of aliphatic hydroxyl groups is 2. The third kappa shape index (κ3) is 22.4.